The molecule has 17 heavy (non-hydrogen) atoms. The normalized spacial score (nSPS) is 10.1. The second kappa shape index (κ2) is 5.30. The van der Waals surface area contributed by atoms with Gasteiger partial charge in [-0.15, -0.1) is 0 Å². The molecule has 2 nitrogen and oxygen atoms in total. The van der Waals surface area contributed by atoms with Crippen molar-refractivity contribution in [3.05, 3.63) is 71.3 Å². The van der Waals surface area contributed by atoms with Gasteiger partial charge in [0.2, 0.25) is 0 Å². The molecule has 0 aliphatic rings. The summed E-state index contributed by atoms with van der Waals surface area (Å²) in [5.41, 5.74) is 2.61. The van der Waals surface area contributed by atoms with Crippen LogP contribution in [0.3, 0.4) is 0 Å². The third kappa shape index (κ3) is 3.18. The highest BCUT2D eigenvalue weighted by molar-refractivity contribution is 5.87. The van der Waals surface area contributed by atoms with Crippen LogP contribution in [0.15, 0.2) is 48.5 Å². The first-order chi connectivity index (χ1) is 8.25. The number of hydrogen-bond donors (Lipinski definition) is 1. The molecular formula is C15H13O2. The van der Waals surface area contributed by atoms with E-state index in [1.54, 1.807) is 18.2 Å². The van der Waals surface area contributed by atoms with Gasteiger partial charge < -0.3 is 5.11 Å². The van der Waals surface area contributed by atoms with Crippen LogP contribution < -0.4 is 0 Å². The van der Waals surface area contributed by atoms with Gasteiger partial charge in [-0.3, -0.25) is 0 Å². The fourth-order valence-electron chi connectivity index (χ4n) is 1.73. The van der Waals surface area contributed by atoms with Crippen LogP contribution >= 0.6 is 0 Å². The molecular weight excluding hydrogens is 212 g/mol. The third-order valence-electron chi connectivity index (χ3n) is 2.65. The maximum absolute atomic E-state index is 10.8. The predicted molar refractivity (Wildman–Crippen MR) is 66.1 cm³/mol. The van der Waals surface area contributed by atoms with Crippen LogP contribution in [0.4, 0.5) is 0 Å². The molecule has 0 spiro atoms. The Hall–Kier alpha value is -2.09. The zero-order chi connectivity index (χ0) is 12.1. The van der Waals surface area contributed by atoms with Gasteiger partial charge in [0.15, 0.2) is 0 Å². The average molecular weight is 225 g/mol. The van der Waals surface area contributed by atoms with Gasteiger partial charge in [-0.1, -0.05) is 36.4 Å². The Bertz CT molecular complexity index is 503. The van der Waals surface area contributed by atoms with Crippen LogP contribution in [0, 0.1) is 6.07 Å². The molecule has 2 rings (SSSR count). The van der Waals surface area contributed by atoms with Crippen molar-refractivity contribution >= 4 is 5.97 Å². The maximum atomic E-state index is 10.8. The summed E-state index contributed by atoms with van der Waals surface area (Å²) < 4.78 is 0. The van der Waals surface area contributed by atoms with Crippen LogP contribution in [-0.4, -0.2) is 11.1 Å². The number of carbonyl (C=O) groups is 1. The summed E-state index contributed by atoms with van der Waals surface area (Å²) >= 11 is 0. The molecule has 85 valence electrons. The molecule has 2 heteroatoms. The van der Waals surface area contributed by atoms with Crippen molar-refractivity contribution in [3.63, 3.8) is 0 Å². The number of aryl methyl sites for hydroxylation is 2. The maximum Gasteiger partial charge on any atom is 0.335 e. The quantitative estimate of drug-likeness (QED) is 0.868. The van der Waals surface area contributed by atoms with E-state index in [9.17, 15) is 4.79 Å². The molecule has 1 N–H and O–H groups in total. The number of benzene rings is 2. The largest absolute Gasteiger partial charge is 0.478 e. The average Bonchev–Trinajstić information content (AvgIpc) is 2.38. The van der Waals surface area contributed by atoms with Crippen LogP contribution in [0.5, 0.6) is 0 Å². The van der Waals surface area contributed by atoms with Crippen molar-refractivity contribution in [2.75, 3.05) is 0 Å². The summed E-state index contributed by atoms with van der Waals surface area (Å²) in [6.07, 6.45) is 1.75. The first-order valence-electron chi connectivity index (χ1n) is 5.53. The first-order valence-corrected chi connectivity index (χ1v) is 5.53. The first kappa shape index (κ1) is 11.4. The number of carboxylic acids is 1. The minimum absolute atomic E-state index is 0.349. The molecule has 1 radical (unpaired) electrons. The van der Waals surface area contributed by atoms with Crippen LogP contribution in [0.1, 0.15) is 21.5 Å². The van der Waals surface area contributed by atoms with E-state index in [1.807, 2.05) is 24.3 Å². The molecule has 0 fully saturated rings. The second-order valence-corrected chi connectivity index (χ2v) is 3.92. The Balaban J connectivity index is 2.04. The van der Waals surface area contributed by atoms with Gasteiger partial charge >= 0.3 is 5.97 Å². The number of rotatable bonds is 4. The van der Waals surface area contributed by atoms with E-state index in [0.717, 1.165) is 18.4 Å². The van der Waals surface area contributed by atoms with E-state index in [1.165, 1.54) is 5.56 Å². The lowest BCUT2D eigenvalue weighted by molar-refractivity contribution is 0.0697. The molecule has 0 aliphatic carbocycles. The van der Waals surface area contributed by atoms with Gasteiger partial charge in [-0.25, -0.2) is 4.79 Å². The lowest BCUT2D eigenvalue weighted by atomic mass is 10.0. The van der Waals surface area contributed by atoms with Gasteiger partial charge in [0, 0.05) is 0 Å². The Morgan fingerprint density at radius 2 is 1.88 bits per heavy atom. The molecule has 0 unspecified atom stereocenters. The Morgan fingerprint density at radius 1 is 1.12 bits per heavy atom. The second-order valence-electron chi connectivity index (χ2n) is 3.92. The summed E-state index contributed by atoms with van der Waals surface area (Å²) in [4.78, 5) is 10.8. The number of aromatic carboxylic acids is 1. The molecule has 0 atom stereocenters. The van der Waals surface area contributed by atoms with Crippen LogP contribution in [-0.2, 0) is 12.8 Å². The van der Waals surface area contributed by atoms with Crippen LogP contribution in [0.2, 0.25) is 0 Å². The van der Waals surface area contributed by atoms with E-state index in [-0.39, 0.29) is 0 Å². The van der Waals surface area contributed by atoms with E-state index in [4.69, 9.17) is 5.11 Å². The van der Waals surface area contributed by atoms with Gasteiger partial charge in [-0.2, -0.15) is 0 Å². The fourth-order valence-corrected chi connectivity index (χ4v) is 1.73. The summed E-state index contributed by atoms with van der Waals surface area (Å²) in [5.74, 6) is -0.875. The zero-order valence-corrected chi connectivity index (χ0v) is 9.39. The SMILES string of the molecule is O=C(O)c1cccc(CCc2c[c]ccc2)c1. The van der Waals surface area contributed by atoms with Gasteiger partial charge in [0.25, 0.3) is 0 Å². The Morgan fingerprint density at radius 3 is 2.59 bits per heavy atom. The lowest BCUT2D eigenvalue weighted by Crippen LogP contribution is -1.98. The minimum Gasteiger partial charge on any atom is -0.478 e. The van der Waals surface area contributed by atoms with Crippen molar-refractivity contribution in [2.24, 2.45) is 0 Å². The molecule has 0 saturated carbocycles. The molecule has 0 saturated heterocycles. The molecule has 2 aromatic carbocycles. The highest BCUT2D eigenvalue weighted by Gasteiger charge is 2.03. The minimum atomic E-state index is -0.875. The van der Waals surface area contributed by atoms with Crippen LogP contribution in [0.25, 0.3) is 0 Å². The summed E-state index contributed by atoms with van der Waals surface area (Å²) in [7, 11) is 0. The molecule has 0 aromatic heterocycles. The van der Waals surface area contributed by atoms with E-state index >= 15 is 0 Å². The van der Waals surface area contributed by atoms with E-state index in [2.05, 4.69) is 12.1 Å². The van der Waals surface area contributed by atoms with Gasteiger partial charge in [-0.05, 0) is 42.2 Å². The Labute approximate surface area is 101 Å². The highest BCUT2D eigenvalue weighted by Crippen LogP contribution is 2.09. The molecule has 0 aliphatic heterocycles. The standard InChI is InChI=1S/C15H13O2/c16-15(17)14-8-4-7-13(11-14)10-9-12-5-2-1-3-6-12/h1-2,4-8,11H,9-10H2,(H,16,17). The van der Waals surface area contributed by atoms with Crippen molar-refractivity contribution in [3.8, 4) is 0 Å². The monoisotopic (exact) mass is 225 g/mol. The Kier molecular flexibility index (Phi) is 3.55. The van der Waals surface area contributed by atoms with Crippen molar-refractivity contribution in [2.45, 2.75) is 12.8 Å². The number of carboxylic acid groups (broad SMARTS) is 1. The molecule has 2 aromatic rings. The summed E-state index contributed by atoms with van der Waals surface area (Å²) in [6, 6.07) is 18.0. The third-order valence-corrected chi connectivity index (χ3v) is 2.65. The summed E-state index contributed by atoms with van der Waals surface area (Å²) in [6.45, 7) is 0. The predicted octanol–water partition coefficient (Wildman–Crippen LogP) is 2.97. The van der Waals surface area contributed by atoms with E-state index < -0.39 is 5.97 Å². The van der Waals surface area contributed by atoms with Crippen molar-refractivity contribution in [1.82, 2.24) is 0 Å². The van der Waals surface area contributed by atoms with Gasteiger partial charge in [0.05, 0.1) is 5.56 Å². The molecule has 0 bridgehead atoms. The highest BCUT2D eigenvalue weighted by atomic mass is 16.4. The summed E-state index contributed by atoms with van der Waals surface area (Å²) in [5, 5.41) is 8.89. The van der Waals surface area contributed by atoms with E-state index in [0.29, 0.717) is 5.56 Å². The van der Waals surface area contributed by atoms with Crippen molar-refractivity contribution < 1.29 is 9.90 Å². The molecule has 0 heterocycles. The smallest absolute Gasteiger partial charge is 0.335 e. The van der Waals surface area contributed by atoms with Gasteiger partial charge in [0.1, 0.15) is 0 Å². The van der Waals surface area contributed by atoms with Crippen molar-refractivity contribution in [1.29, 1.82) is 0 Å². The molecule has 0 amide bonds. The zero-order valence-electron chi connectivity index (χ0n) is 9.39. The fraction of sp³-hybridized carbons (Fsp3) is 0.133. The lowest BCUT2D eigenvalue weighted by Gasteiger charge is -2.03. The topological polar surface area (TPSA) is 37.3 Å². The number of hydrogen-bond acceptors (Lipinski definition) is 1.